The van der Waals surface area contributed by atoms with Crippen molar-refractivity contribution in [2.45, 2.75) is 39.2 Å². The molecule has 1 fully saturated rings. The maximum absolute atomic E-state index is 11.5. The lowest BCUT2D eigenvalue weighted by molar-refractivity contribution is 0.114. The molecule has 1 aliphatic rings. The van der Waals surface area contributed by atoms with Crippen LogP contribution in [0.25, 0.3) is 0 Å². The van der Waals surface area contributed by atoms with Crippen LogP contribution in [-0.4, -0.2) is 55.2 Å². The smallest absolute Gasteiger partial charge is 0.410 e. The molecule has 0 aromatic carbocycles. The summed E-state index contributed by atoms with van der Waals surface area (Å²) in [6.07, 6.45) is 3.38. The van der Waals surface area contributed by atoms with Gasteiger partial charge in [0.05, 0.1) is 6.54 Å². The average molecular weight is 228 g/mol. The summed E-state index contributed by atoms with van der Waals surface area (Å²) >= 11 is 0. The molecular formula is C12H24N2O2. The van der Waals surface area contributed by atoms with Crippen LogP contribution >= 0.6 is 0 Å². The number of carbonyl (C=O) groups is 1. The van der Waals surface area contributed by atoms with Gasteiger partial charge in [0.1, 0.15) is 6.10 Å². The van der Waals surface area contributed by atoms with Gasteiger partial charge in [-0.1, -0.05) is 26.7 Å². The molecule has 4 nitrogen and oxygen atoms in total. The molecule has 0 bridgehead atoms. The first-order valence-corrected chi connectivity index (χ1v) is 6.31. The second-order valence-corrected chi connectivity index (χ2v) is 4.51. The molecule has 0 saturated carbocycles. The van der Waals surface area contributed by atoms with Crippen LogP contribution < -0.4 is 0 Å². The zero-order valence-corrected chi connectivity index (χ0v) is 10.7. The van der Waals surface area contributed by atoms with Gasteiger partial charge in [-0.2, -0.15) is 0 Å². The van der Waals surface area contributed by atoms with Crippen molar-refractivity contribution < 1.29 is 9.53 Å². The first-order chi connectivity index (χ1) is 7.67. The summed E-state index contributed by atoms with van der Waals surface area (Å²) in [6, 6.07) is 0. The number of carbonyl (C=O) groups excluding carboxylic acids is 1. The van der Waals surface area contributed by atoms with Gasteiger partial charge in [0, 0.05) is 13.1 Å². The molecule has 1 rings (SSSR count). The van der Waals surface area contributed by atoms with E-state index in [1.54, 1.807) is 0 Å². The zero-order valence-electron chi connectivity index (χ0n) is 10.7. The number of unbranched alkanes of at least 4 members (excludes halogenated alkanes) is 2. The van der Waals surface area contributed by atoms with Gasteiger partial charge in [0.2, 0.25) is 0 Å². The number of likely N-dealkylation sites (N-methyl/N-ethyl adjacent to an activating group) is 1. The summed E-state index contributed by atoms with van der Waals surface area (Å²) in [7, 11) is 2.05. The molecule has 0 unspecified atom stereocenters. The highest BCUT2D eigenvalue weighted by atomic mass is 16.6. The third-order valence-electron chi connectivity index (χ3n) is 3.04. The first kappa shape index (κ1) is 13.3. The maximum Gasteiger partial charge on any atom is 0.410 e. The number of cyclic esters (lactones) is 1. The Kier molecular flexibility index (Phi) is 5.60. The third-order valence-corrected chi connectivity index (χ3v) is 3.04. The van der Waals surface area contributed by atoms with Gasteiger partial charge in [0.15, 0.2) is 0 Å². The predicted octanol–water partition coefficient (Wildman–Crippen LogP) is 1.95. The van der Waals surface area contributed by atoms with E-state index in [1.165, 1.54) is 12.8 Å². The van der Waals surface area contributed by atoms with Gasteiger partial charge < -0.3 is 14.5 Å². The van der Waals surface area contributed by atoms with Crippen LogP contribution in [-0.2, 0) is 4.74 Å². The molecule has 0 aromatic rings. The minimum Gasteiger partial charge on any atom is -0.443 e. The van der Waals surface area contributed by atoms with Crippen molar-refractivity contribution >= 4 is 6.09 Å². The summed E-state index contributed by atoms with van der Waals surface area (Å²) in [6.45, 7) is 7.71. The Balaban J connectivity index is 2.27. The summed E-state index contributed by atoms with van der Waals surface area (Å²) in [5, 5.41) is 0. The third kappa shape index (κ3) is 4.00. The Hall–Kier alpha value is -0.770. The molecule has 0 aromatic heterocycles. The molecule has 1 saturated heterocycles. The van der Waals surface area contributed by atoms with Crippen LogP contribution in [0.4, 0.5) is 4.79 Å². The Morgan fingerprint density at radius 2 is 2.19 bits per heavy atom. The van der Waals surface area contributed by atoms with Gasteiger partial charge >= 0.3 is 6.09 Å². The molecule has 0 aliphatic carbocycles. The van der Waals surface area contributed by atoms with Crippen molar-refractivity contribution in [3.05, 3.63) is 0 Å². The fraction of sp³-hybridized carbons (Fsp3) is 0.917. The van der Waals surface area contributed by atoms with E-state index in [4.69, 9.17) is 4.74 Å². The number of nitrogens with zero attached hydrogens (tertiary/aromatic N) is 2. The Morgan fingerprint density at radius 1 is 1.44 bits per heavy atom. The van der Waals surface area contributed by atoms with Crippen molar-refractivity contribution in [3.63, 3.8) is 0 Å². The van der Waals surface area contributed by atoms with E-state index in [2.05, 4.69) is 18.7 Å². The van der Waals surface area contributed by atoms with Crippen LogP contribution in [0, 0.1) is 0 Å². The first-order valence-electron chi connectivity index (χ1n) is 6.31. The molecule has 1 atom stereocenters. The highest BCUT2D eigenvalue weighted by Gasteiger charge is 2.30. The van der Waals surface area contributed by atoms with Gasteiger partial charge in [0.25, 0.3) is 0 Å². The number of ether oxygens (including phenoxy) is 1. The summed E-state index contributed by atoms with van der Waals surface area (Å²) < 4.78 is 5.32. The molecule has 1 amide bonds. The van der Waals surface area contributed by atoms with Crippen molar-refractivity contribution in [1.82, 2.24) is 9.80 Å². The minimum absolute atomic E-state index is 0.0547. The van der Waals surface area contributed by atoms with E-state index in [-0.39, 0.29) is 12.2 Å². The van der Waals surface area contributed by atoms with E-state index in [0.717, 1.165) is 32.6 Å². The van der Waals surface area contributed by atoms with Crippen LogP contribution in [0.2, 0.25) is 0 Å². The maximum atomic E-state index is 11.5. The lowest BCUT2D eigenvalue weighted by atomic mass is 10.2. The van der Waals surface area contributed by atoms with E-state index in [0.29, 0.717) is 0 Å². The zero-order chi connectivity index (χ0) is 12.0. The number of amides is 1. The number of rotatable bonds is 7. The number of hydrogen-bond acceptors (Lipinski definition) is 3. The van der Waals surface area contributed by atoms with Gasteiger partial charge in [-0.15, -0.1) is 0 Å². The fourth-order valence-electron chi connectivity index (χ4n) is 1.88. The Morgan fingerprint density at radius 3 is 2.81 bits per heavy atom. The Labute approximate surface area is 98.5 Å². The van der Waals surface area contributed by atoms with Crippen molar-refractivity contribution in [1.29, 1.82) is 0 Å². The largest absolute Gasteiger partial charge is 0.443 e. The lowest BCUT2D eigenvalue weighted by Gasteiger charge is -2.17. The highest BCUT2D eigenvalue weighted by Crippen LogP contribution is 2.13. The predicted molar refractivity (Wildman–Crippen MR) is 64.5 cm³/mol. The topological polar surface area (TPSA) is 32.8 Å². The van der Waals surface area contributed by atoms with E-state index in [9.17, 15) is 4.79 Å². The normalized spacial score (nSPS) is 20.6. The van der Waals surface area contributed by atoms with E-state index < -0.39 is 0 Å². The molecule has 94 valence electrons. The molecule has 1 heterocycles. The van der Waals surface area contributed by atoms with Crippen LogP contribution in [0.3, 0.4) is 0 Å². The van der Waals surface area contributed by atoms with Crippen LogP contribution in [0.15, 0.2) is 0 Å². The molecule has 0 radical (unpaired) electrons. The van der Waals surface area contributed by atoms with E-state index >= 15 is 0 Å². The highest BCUT2D eigenvalue weighted by molar-refractivity contribution is 5.69. The molecule has 16 heavy (non-hydrogen) atoms. The average Bonchev–Trinajstić information content (AvgIpc) is 2.59. The Bertz CT molecular complexity index is 221. The van der Waals surface area contributed by atoms with Crippen molar-refractivity contribution in [3.8, 4) is 0 Å². The van der Waals surface area contributed by atoms with Crippen molar-refractivity contribution in [2.75, 3.05) is 33.2 Å². The summed E-state index contributed by atoms with van der Waals surface area (Å²) in [5.74, 6) is 0. The van der Waals surface area contributed by atoms with Crippen molar-refractivity contribution in [2.24, 2.45) is 0 Å². The van der Waals surface area contributed by atoms with Gasteiger partial charge in [-0.3, -0.25) is 0 Å². The molecule has 1 aliphatic heterocycles. The summed E-state index contributed by atoms with van der Waals surface area (Å²) in [5.41, 5.74) is 0. The lowest BCUT2D eigenvalue weighted by Crippen LogP contribution is -2.32. The molecular weight excluding hydrogens is 204 g/mol. The van der Waals surface area contributed by atoms with Crippen LogP contribution in [0.5, 0.6) is 0 Å². The number of hydrogen-bond donors (Lipinski definition) is 0. The monoisotopic (exact) mass is 228 g/mol. The summed E-state index contributed by atoms with van der Waals surface area (Å²) in [4.78, 5) is 15.5. The quantitative estimate of drug-likeness (QED) is 0.624. The standard InChI is InChI=1S/C12H24N2O2/c1-4-6-7-8-14-10-11(16-12(14)15)9-13(3)5-2/h11H,4-10H2,1-3H3/t11-/m1/s1. The second kappa shape index (κ2) is 6.74. The van der Waals surface area contributed by atoms with E-state index in [1.807, 2.05) is 11.9 Å². The second-order valence-electron chi connectivity index (χ2n) is 4.51. The SMILES string of the molecule is CCCCCN1C[C@@H](CN(C)CC)OC1=O. The minimum atomic E-state index is -0.134. The van der Waals surface area contributed by atoms with Crippen LogP contribution in [0.1, 0.15) is 33.1 Å². The van der Waals surface area contributed by atoms with Gasteiger partial charge in [-0.25, -0.2) is 4.79 Å². The fourth-order valence-corrected chi connectivity index (χ4v) is 1.88. The van der Waals surface area contributed by atoms with Gasteiger partial charge in [-0.05, 0) is 20.0 Å². The molecule has 0 N–H and O–H groups in total. The molecule has 4 heteroatoms. The molecule has 0 spiro atoms.